The first-order chi connectivity index (χ1) is 8.75. The van der Waals surface area contributed by atoms with E-state index in [2.05, 4.69) is 48.2 Å². The van der Waals surface area contributed by atoms with Crippen molar-refractivity contribution in [1.82, 2.24) is 4.90 Å². The van der Waals surface area contributed by atoms with E-state index in [1.807, 2.05) is 0 Å². The lowest BCUT2D eigenvalue weighted by Gasteiger charge is -2.21. The highest BCUT2D eigenvalue weighted by Crippen LogP contribution is 2.13. The van der Waals surface area contributed by atoms with Gasteiger partial charge >= 0.3 is 0 Å². The summed E-state index contributed by atoms with van der Waals surface area (Å²) in [5, 5.41) is 0. The van der Waals surface area contributed by atoms with Gasteiger partial charge in [0.2, 0.25) is 0 Å². The number of rotatable bonds is 3. The van der Waals surface area contributed by atoms with Crippen LogP contribution in [-0.2, 0) is 0 Å². The minimum Gasteiger partial charge on any atom is -0.362 e. The van der Waals surface area contributed by atoms with Gasteiger partial charge in [0.1, 0.15) is 0 Å². The van der Waals surface area contributed by atoms with Crippen molar-refractivity contribution in [2.45, 2.75) is 32.6 Å². The minimum atomic E-state index is 0.951. The van der Waals surface area contributed by atoms with E-state index in [0.29, 0.717) is 0 Å². The van der Waals surface area contributed by atoms with E-state index in [4.69, 9.17) is 12.2 Å². The summed E-state index contributed by atoms with van der Waals surface area (Å²) in [6.07, 6.45) is 9.36. The SMILES string of the molecule is Cc1ccc(/C=C/CN2CCCCCC2=S)cc1. The van der Waals surface area contributed by atoms with Gasteiger partial charge in [-0.05, 0) is 31.7 Å². The minimum absolute atomic E-state index is 0.951. The first-order valence-corrected chi connectivity index (χ1v) is 7.17. The van der Waals surface area contributed by atoms with Gasteiger partial charge in [-0.25, -0.2) is 0 Å². The van der Waals surface area contributed by atoms with Crippen molar-refractivity contribution in [2.75, 3.05) is 13.1 Å². The first kappa shape index (κ1) is 13.3. The fraction of sp³-hybridized carbons (Fsp3) is 0.438. The van der Waals surface area contributed by atoms with E-state index >= 15 is 0 Å². The molecule has 1 aromatic carbocycles. The van der Waals surface area contributed by atoms with Gasteiger partial charge in [-0.1, -0.05) is 60.6 Å². The van der Waals surface area contributed by atoms with Gasteiger partial charge in [0.25, 0.3) is 0 Å². The maximum Gasteiger partial charge on any atom is 0.0782 e. The van der Waals surface area contributed by atoms with Crippen LogP contribution in [0.2, 0.25) is 0 Å². The summed E-state index contributed by atoms with van der Waals surface area (Å²) < 4.78 is 0. The van der Waals surface area contributed by atoms with Gasteiger partial charge < -0.3 is 4.90 Å². The highest BCUT2D eigenvalue weighted by atomic mass is 32.1. The summed E-state index contributed by atoms with van der Waals surface area (Å²) in [6.45, 7) is 4.19. The predicted octanol–water partition coefficient (Wildman–Crippen LogP) is 4.21. The van der Waals surface area contributed by atoms with Crippen LogP contribution in [0.4, 0.5) is 0 Å². The van der Waals surface area contributed by atoms with Crippen molar-refractivity contribution in [3.05, 3.63) is 41.5 Å². The Morgan fingerprint density at radius 2 is 1.94 bits per heavy atom. The van der Waals surface area contributed by atoms with Crippen LogP contribution in [-0.4, -0.2) is 23.0 Å². The van der Waals surface area contributed by atoms with E-state index < -0.39 is 0 Å². The Hall–Kier alpha value is -1.15. The molecule has 0 aliphatic carbocycles. The van der Waals surface area contributed by atoms with Crippen molar-refractivity contribution in [2.24, 2.45) is 0 Å². The Morgan fingerprint density at radius 1 is 1.17 bits per heavy atom. The number of aryl methyl sites for hydroxylation is 1. The number of hydrogen-bond acceptors (Lipinski definition) is 1. The molecule has 0 amide bonds. The Bertz CT molecular complexity index is 419. The molecule has 1 heterocycles. The van der Waals surface area contributed by atoms with Crippen molar-refractivity contribution in [3.63, 3.8) is 0 Å². The lowest BCUT2D eigenvalue weighted by atomic mass is 10.1. The molecule has 0 aromatic heterocycles. The first-order valence-electron chi connectivity index (χ1n) is 6.77. The molecular formula is C16H21NS. The Kier molecular flexibility index (Phi) is 4.94. The molecule has 1 nitrogen and oxygen atoms in total. The molecular weight excluding hydrogens is 238 g/mol. The molecule has 2 rings (SSSR count). The molecule has 0 atom stereocenters. The van der Waals surface area contributed by atoms with Crippen LogP contribution in [0.15, 0.2) is 30.3 Å². The number of nitrogens with zero attached hydrogens (tertiary/aromatic N) is 1. The predicted molar refractivity (Wildman–Crippen MR) is 82.9 cm³/mol. The van der Waals surface area contributed by atoms with E-state index in [0.717, 1.165) is 24.5 Å². The Morgan fingerprint density at radius 3 is 2.72 bits per heavy atom. The lowest BCUT2D eigenvalue weighted by Crippen LogP contribution is -2.28. The summed E-state index contributed by atoms with van der Waals surface area (Å²) in [4.78, 5) is 3.48. The lowest BCUT2D eigenvalue weighted by molar-refractivity contribution is 0.462. The molecule has 1 aliphatic rings. The zero-order valence-corrected chi connectivity index (χ0v) is 11.9. The normalized spacial score (nSPS) is 17.2. The molecule has 0 spiro atoms. The van der Waals surface area contributed by atoms with E-state index in [1.54, 1.807) is 0 Å². The van der Waals surface area contributed by atoms with Crippen LogP contribution in [0.1, 0.15) is 36.8 Å². The van der Waals surface area contributed by atoms with Crippen LogP contribution in [0, 0.1) is 6.92 Å². The molecule has 0 bridgehead atoms. The third-order valence-corrected chi connectivity index (χ3v) is 3.85. The molecule has 0 unspecified atom stereocenters. The second kappa shape index (κ2) is 6.69. The summed E-state index contributed by atoms with van der Waals surface area (Å²) in [5.74, 6) is 0. The van der Waals surface area contributed by atoms with Gasteiger partial charge in [0.15, 0.2) is 0 Å². The van der Waals surface area contributed by atoms with E-state index in [-0.39, 0.29) is 0 Å². The van der Waals surface area contributed by atoms with Crippen LogP contribution in [0.5, 0.6) is 0 Å². The second-order valence-corrected chi connectivity index (χ2v) is 5.43. The zero-order valence-electron chi connectivity index (χ0n) is 11.1. The zero-order chi connectivity index (χ0) is 12.8. The highest BCUT2D eigenvalue weighted by molar-refractivity contribution is 7.80. The van der Waals surface area contributed by atoms with Crippen molar-refractivity contribution in [3.8, 4) is 0 Å². The molecule has 2 heteroatoms. The summed E-state index contributed by atoms with van der Waals surface area (Å²) in [6, 6.07) is 8.62. The Labute approximate surface area is 116 Å². The van der Waals surface area contributed by atoms with Gasteiger partial charge in [-0.15, -0.1) is 0 Å². The quantitative estimate of drug-likeness (QED) is 0.748. The molecule has 0 N–H and O–H groups in total. The van der Waals surface area contributed by atoms with Gasteiger partial charge in [-0.3, -0.25) is 0 Å². The third-order valence-electron chi connectivity index (χ3n) is 3.38. The number of thiocarbonyl (C=S) groups is 1. The summed E-state index contributed by atoms with van der Waals surface area (Å²) in [7, 11) is 0. The molecule has 0 saturated carbocycles. The van der Waals surface area contributed by atoms with Gasteiger partial charge in [0, 0.05) is 13.1 Å². The largest absolute Gasteiger partial charge is 0.362 e. The van der Waals surface area contributed by atoms with Gasteiger partial charge in [-0.2, -0.15) is 0 Å². The second-order valence-electron chi connectivity index (χ2n) is 4.96. The average Bonchev–Trinajstić information content (AvgIpc) is 2.57. The highest BCUT2D eigenvalue weighted by Gasteiger charge is 2.11. The Balaban J connectivity index is 1.89. The maximum atomic E-state index is 5.45. The number of hydrogen-bond donors (Lipinski definition) is 0. The number of likely N-dealkylation sites (tertiary alicyclic amines) is 1. The van der Waals surface area contributed by atoms with E-state index in [1.165, 1.54) is 30.4 Å². The van der Waals surface area contributed by atoms with Crippen LogP contribution in [0.25, 0.3) is 6.08 Å². The molecule has 0 radical (unpaired) electrons. The van der Waals surface area contributed by atoms with Crippen molar-refractivity contribution < 1.29 is 0 Å². The average molecular weight is 259 g/mol. The van der Waals surface area contributed by atoms with Crippen molar-refractivity contribution in [1.29, 1.82) is 0 Å². The fourth-order valence-corrected chi connectivity index (χ4v) is 2.54. The van der Waals surface area contributed by atoms with Crippen LogP contribution in [0.3, 0.4) is 0 Å². The van der Waals surface area contributed by atoms with Crippen LogP contribution >= 0.6 is 12.2 Å². The molecule has 1 fully saturated rings. The maximum absolute atomic E-state index is 5.45. The fourth-order valence-electron chi connectivity index (χ4n) is 2.23. The van der Waals surface area contributed by atoms with Gasteiger partial charge in [0.05, 0.1) is 4.99 Å². The van der Waals surface area contributed by atoms with Crippen LogP contribution < -0.4 is 0 Å². The number of benzene rings is 1. The molecule has 1 aliphatic heterocycles. The molecule has 96 valence electrons. The third kappa shape index (κ3) is 3.95. The summed E-state index contributed by atoms with van der Waals surface area (Å²) >= 11 is 5.45. The monoisotopic (exact) mass is 259 g/mol. The summed E-state index contributed by atoms with van der Waals surface area (Å²) in [5.41, 5.74) is 2.57. The molecule has 18 heavy (non-hydrogen) atoms. The van der Waals surface area contributed by atoms with Crippen molar-refractivity contribution >= 4 is 23.3 Å². The smallest absolute Gasteiger partial charge is 0.0782 e. The standard InChI is InChI=1S/C16H21NS/c1-14-8-10-15(11-9-14)6-5-13-17-12-4-2-3-7-16(17)18/h5-6,8-11H,2-4,7,12-13H2,1H3/b6-5+. The topological polar surface area (TPSA) is 3.24 Å². The molecule has 1 aromatic rings. The van der Waals surface area contributed by atoms with E-state index in [9.17, 15) is 0 Å². The molecule has 1 saturated heterocycles.